The van der Waals surface area contributed by atoms with Crippen LogP contribution in [0.15, 0.2) is 0 Å². The lowest BCUT2D eigenvalue weighted by molar-refractivity contribution is -0.137. The van der Waals surface area contributed by atoms with E-state index in [2.05, 4.69) is 24.1 Å². The lowest BCUT2D eigenvalue weighted by atomic mass is 10.1. The van der Waals surface area contributed by atoms with Crippen LogP contribution in [-0.4, -0.2) is 65.2 Å². The third-order valence-electron chi connectivity index (χ3n) is 3.57. The van der Waals surface area contributed by atoms with Crippen LogP contribution in [0.3, 0.4) is 0 Å². The minimum Gasteiger partial charge on any atom is -0.481 e. The zero-order valence-corrected chi connectivity index (χ0v) is 12.1. The monoisotopic (exact) mass is 271 g/mol. The van der Waals surface area contributed by atoms with E-state index in [4.69, 9.17) is 5.11 Å². The minimum atomic E-state index is -0.878. The zero-order valence-electron chi connectivity index (χ0n) is 12.1. The van der Waals surface area contributed by atoms with Gasteiger partial charge in [0, 0.05) is 38.3 Å². The zero-order chi connectivity index (χ0) is 14.4. The van der Waals surface area contributed by atoms with Gasteiger partial charge in [0.05, 0.1) is 6.42 Å². The van der Waals surface area contributed by atoms with Gasteiger partial charge in [-0.05, 0) is 20.3 Å². The number of piperazine rings is 1. The highest BCUT2D eigenvalue weighted by atomic mass is 16.4. The predicted molar refractivity (Wildman–Crippen MR) is 73.1 cm³/mol. The highest BCUT2D eigenvalue weighted by Crippen LogP contribution is 2.07. The number of amides is 2. The molecule has 0 aromatic heterocycles. The van der Waals surface area contributed by atoms with Crippen LogP contribution in [0.5, 0.6) is 0 Å². The number of carboxylic acid groups (broad SMARTS) is 1. The Kier molecular flexibility index (Phi) is 6.08. The van der Waals surface area contributed by atoms with E-state index in [1.54, 1.807) is 4.90 Å². The standard InChI is InChI=1S/C13H25N3O3/c1-4-11(9-12(17)18)14-13(19)16-7-5-15(6-8-16)10(2)3/h10-11H,4-9H2,1-3H3,(H,14,19)(H,17,18). The van der Waals surface area contributed by atoms with E-state index in [9.17, 15) is 9.59 Å². The average Bonchev–Trinajstić information content (AvgIpc) is 2.37. The van der Waals surface area contributed by atoms with E-state index in [1.807, 2.05) is 6.92 Å². The summed E-state index contributed by atoms with van der Waals surface area (Å²) in [6.45, 7) is 9.33. The van der Waals surface area contributed by atoms with Crippen molar-refractivity contribution >= 4 is 12.0 Å². The number of hydrogen-bond donors (Lipinski definition) is 2. The Labute approximate surface area is 114 Å². The van der Waals surface area contributed by atoms with Gasteiger partial charge in [0.25, 0.3) is 0 Å². The van der Waals surface area contributed by atoms with Gasteiger partial charge in [0.1, 0.15) is 0 Å². The van der Waals surface area contributed by atoms with Crippen LogP contribution in [-0.2, 0) is 4.79 Å². The van der Waals surface area contributed by atoms with Crippen LogP contribution < -0.4 is 5.32 Å². The van der Waals surface area contributed by atoms with Crippen LogP contribution >= 0.6 is 0 Å². The number of carboxylic acids is 1. The van der Waals surface area contributed by atoms with Crippen molar-refractivity contribution in [2.75, 3.05) is 26.2 Å². The quantitative estimate of drug-likeness (QED) is 0.781. The predicted octanol–water partition coefficient (Wildman–Crippen LogP) is 0.975. The lowest BCUT2D eigenvalue weighted by Crippen LogP contribution is -2.54. The molecule has 0 aromatic carbocycles. The summed E-state index contributed by atoms with van der Waals surface area (Å²) >= 11 is 0. The third kappa shape index (κ3) is 5.06. The second kappa shape index (κ2) is 7.33. The topological polar surface area (TPSA) is 72.9 Å². The number of rotatable bonds is 5. The number of hydrogen-bond acceptors (Lipinski definition) is 3. The molecule has 1 heterocycles. The van der Waals surface area contributed by atoms with Gasteiger partial charge in [-0.25, -0.2) is 4.79 Å². The molecule has 0 spiro atoms. The Morgan fingerprint density at radius 3 is 2.21 bits per heavy atom. The lowest BCUT2D eigenvalue weighted by Gasteiger charge is -2.37. The molecule has 1 atom stereocenters. The molecule has 0 radical (unpaired) electrons. The van der Waals surface area contributed by atoms with E-state index in [1.165, 1.54) is 0 Å². The Hall–Kier alpha value is -1.30. The Bertz CT molecular complexity index is 312. The molecule has 6 heteroatoms. The normalized spacial score (nSPS) is 18.4. The molecule has 1 aliphatic heterocycles. The molecule has 1 unspecified atom stereocenters. The summed E-state index contributed by atoms with van der Waals surface area (Å²) in [5.41, 5.74) is 0. The van der Waals surface area contributed by atoms with E-state index in [0.717, 1.165) is 13.1 Å². The summed E-state index contributed by atoms with van der Waals surface area (Å²) in [4.78, 5) is 26.8. The number of nitrogens with one attached hydrogen (secondary N) is 1. The van der Waals surface area contributed by atoms with Crippen LogP contribution in [0.1, 0.15) is 33.6 Å². The van der Waals surface area contributed by atoms with Crippen LogP contribution in [0.2, 0.25) is 0 Å². The molecule has 1 fully saturated rings. The Morgan fingerprint density at radius 2 is 1.79 bits per heavy atom. The third-order valence-corrected chi connectivity index (χ3v) is 3.57. The number of carbonyl (C=O) groups excluding carboxylic acids is 1. The highest BCUT2D eigenvalue weighted by molar-refractivity contribution is 5.76. The molecule has 1 saturated heterocycles. The molecule has 110 valence electrons. The van der Waals surface area contributed by atoms with E-state index in [-0.39, 0.29) is 18.5 Å². The molecule has 0 aromatic rings. The van der Waals surface area contributed by atoms with Gasteiger partial charge in [-0.3, -0.25) is 9.69 Å². The molecule has 1 aliphatic rings. The second-order valence-corrected chi connectivity index (χ2v) is 5.27. The molecule has 2 amide bonds. The molecule has 0 aliphatic carbocycles. The fraction of sp³-hybridized carbons (Fsp3) is 0.846. The summed E-state index contributed by atoms with van der Waals surface area (Å²) in [5.74, 6) is -0.878. The number of nitrogens with zero attached hydrogens (tertiary/aromatic N) is 2. The van der Waals surface area contributed by atoms with Crippen LogP contribution in [0.25, 0.3) is 0 Å². The summed E-state index contributed by atoms with van der Waals surface area (Å²) in [5, 5.41) is 11.6. The van der Waals surface area contributed by atoms with Crippen molar-refractivity contribution < 1.29 is 14.7 Å². The summed E-state index contributed by atoms with van der Waals surface area (Å²) in [6.07, 6.45) is 0.609. The van der Waals surface area contributed by atoms with Crippen LogP contribution in [0.4, 0.5) is 4.79 Å². The van der Waals surface area contributed by atoms with Gasteiger partial charge < -0.3 is 15.3 Å². The fourth-order valence-corrected chi connectivity index (χ4v) is 2.22. The molecule has 2 N–H and O–H groups in total. The summed E-state index contributed by atoms with van der Waals surface area (Å²) in [7, 11) is 0. The van der Waals surface area contributed by atoms with Gasteiger partial charge in [-0.1, -0.05) is 6.92 Å². The first-order valence-corrected chi connectivity index (χ1v) is 6.95. The molecule has 0 saturated carbocycles. The van der Waals surface area contributed by atoms with Crippen LogP contribution in [0, 0.1) is 0 Å². The first kappa shape index (κ1) is 15.8. The van der Waals surface area contributed by atoms with Gasteiger partial charge in [-0.15, -0.1) is 0 Å². The second-order valence-electron chi connectivity index (χ2n) is 5.27. The van der Waals surface area contributed by atoms with Gasteiger partial charge >= 0.3 is 12.0 Å². The maximum atomic E-state index is 12.0. The minimum absolute atomic E-state index is 0.0196. The first-order valence-electron chi connectivity index (χ1n) is 6.95. The first-order chi connectivity index (χ1) is 8.93. The Morgan fingerprint density at radius 1 is 1.21 bits per heavy atom. The summed E-state index contributed by atoms with van der Waals surface area (Å²) < 4.78 is 0. The average molecular weight is 271 g/mol. The molecular weight excluding hydrogens is 246 g/mol. The highest BCUT2D eigenvalue weighted by Gasteiger charge is 2.24. The van der Waals surface area contributed by atoms with Crippen molar-refractivity contribution in [3.63, 3.8) is 0 Å². The maximum Gasteiger partial charge on any atom is 0.317 e. The van der Waals surface area contributed by atoms with Gasteiger partial charge in [0.2, 0.25) is 0 Å². The van der Waals surface area contributed by atoms with Crippen molar-refractivity contribution in [2.24, 2.45) is 0 Å². The van der Waals surface area contributed by atoms with E-state index < -0.39 is 5.97 Å². The number of urea groups is 1. The fourth-order valence-electron chi connectivity index (χ4n) is 2.22. The summed E-state index contributed by atoms with van der Waals surface area (Å²) in [6, 6.07) is 0.0743. The maximum absolute atomic E-state index is 12.0. The van der Waals surface area contributed by atoms with Crippen molar-refractivity contribution in [1.29, 1.82) is 0 Å². The smallest absolute Gasteiger partial charge is 0.317 e. The van der Waals surface area contributed by atoms with E-state index >= 15 is 0 Å². The number of carbonyl (C=O) groups is 2. The SMILES string of the molecule is CCC(CC(=O)O)NC(=O)N1CCN(C(C)C)CC1. The number of aliphatic carboxylic acids is 1. The molecule has 0 bridgehead atoms. The largest absolute Gasteiger partial charge is 0.481 e. The van der Waals surface area contributed by atoms with Crippen molar-refractivity contribution in [1.82, 2.24) is 15.1 Å². The van der Waals surface area contributed by atoms with Gasteiger partial charge in [0.15, 0.2) is 0 Å². The van der Waals surface area contributed by atoms with E-state index in [0.29, 0.717) is 25.6 Å². The Balaban J connectivity index is 2.40. The molecular formula is C13H25N3O3. The van der Waals surface area contributed by atoms with Crippen molar-refractivity contribution in [3.8, 4) is 0 Å². The molecule has 19 heavy (non-hydrogen) atoms. The van der Waals surface area contributed by atoms with Crippen molar-refractivity contribution in [3.05, 3.63) is 0 Å². The molecule has 1 rings (SSSR count). The van der Waals surface area contributed by atoms with Gasteiger partial charge in [-0.2, -0.15) is 0 Å². The van der Waals surface area contributed by atoms with Crippen molar-refractivity contribution in [2.45, 2.75) is 45.7 Å². The molecule has 6 nitrogen and oxygen atoms in total.